The zero-order valence-corrected chi connectivity index (χ0v) is 17.1. The predicted molar refractivity (Wildman–Crippen MR) is 108 cm³/mol. The zero-order chi connectivity index (χ0) is 19.2. The van der Waals surface area contributed by atoms with E-state index in [0.29, 0.717) is 11.5 Å². The van der Waals surface area contributed by atoms with Crippen molar-refractivity contribution < 1.29 is 9.53 Å². The van der Waals surface area contributed by atoms with Gasteiger partial charge < -0.3 is 19.9 Å². The highest BCUT2D eigenvalue weighted by Crippen LogP contribution is 2.65. The largest absolute Gasteiger partial charge is 0.497 e. The lowest BCUT2D eigenvalue weighted by atomic mass is 9.69. The lowest BCUT2D eigenvalue weighted by Crippen LogP contribution is -2.56. The molecule has 0 radical (unpaired) electrons. The van der Waals surface area contributed by atoms with E-state index < -0.39 is 0 Å². The van der Waals surface area contributed by atoms with Gasteiger partial charge in [0, 0.05) is 44.0 Å². The average Bonchev–Trinajstić information content (AvgIpc) is 3.01. The van der Waals surface area contributed by atoms with E-state index in [2.05, 4.69) is 43.1 Å². The minimum absolute atomic E-state index is 0.120. The van der Waals surface area contributed by atoms with E-state index in [-0.39, 0.29) is 11.4 Å². The lowest BCUT2D eigenvalue weighted by Gasteiger charge is -2.41. The van der Waals surface area contributed by atoms with Gasteiger partial charge in [0.1, 0.15) is 5.75 Å². The number of amides is 2. The van der Waals surface area contributed by atoms with Crippen LogP contribution in [-0.4, -0.2) is 50.3 Å². The van der Waals surface area contributed by atoms with Crippen LogP contribution < -0.4 is 15.0 Å². The van der Waals surface area contributed by atoms with Crippen molar-refractivity contribution in [1.29, 1.82) is 0 Å². The van der Waals surface area contributed by atoms with Crippen molar-refractivity contribution in [1.82, 2.24) is 10.2 Å². The molecule has 1 N–H and O–H groups in total. The van der Waals surface area contributed by atoms with Crippen molar-refractivity contribution >= 4 is 11.7 Å². The van der Waals surface area contributed by atoms with Crippen molar-refractivity contribution in [3.63, 3.8) is 0 Å². The normalized spacial score (nSPS) is 31.9. The monoisotopic (exact) mass is 371 g/mol. The third kappa shape index (κ3) is 2.95. The quantitative estimate of drug-likeness (QED) is 0.880. The standard InChI is InChI=1S/C22H33N3O2/c1-21(2)16-8-9-22(21,3)19(14-16)23-20(26)25-12-10-24(11-13-25)17-6-5-7-18(15-17)27-4/h5-7,15-16,19H,8-14H2,1-4H3,(H,23,26)/t16-,19+,22-/m1/s1. The number of hydrogen-bond donors (Lipinski definition) is 1. The van der Waals surface area contributed by atoms with E-state index in [1.165, 1.54) is 12.8 Å². The third-order valence-corrected chi connectivity index (χ3v) is 8.08. The summed E-state index contributed by atoms with van der Waals surface area (Å²) in [5, 5.41) is 3.40. The van der Waals surface area contributed by atoms with Crippen LogP contribution in [0.1, 0.15) is 40.0 Å². The number of ether oxygens (including phenoxy) is 1. The van der Waals surface area contributed by atoms with Crippen LogP contribution in [0.2, 0.25) is 0 Å². The number of piperazine rings is 1. The molecule has 1 aromatic rings. The molecule has 0 aromatic heterocycles. The van der Waals surface area contributed by atoms with Crippen molar-refractivity contribution in [2.75, 3.05) is 38.2 Å². The summed E-state index contributed by atoms with van der Waals surface area (Å²) in [6.45, 7) is 10.4. The number of nitrogens with zero attached hydrogens (tertiary/aromatic N) is 2. The molecule has 5 heteroatoms. The second kappa shape index (κ2) is 6.61. The van der Waals surface area contributed by atoms with Crippen LogP contribution in [0.4, 0.5) is 10.5 Å². The Morgan fingerprint density at radius 2 is 1.93 bits per heavy atom. The number of hydrogen-bond acceptors (Lipinski definition) is 3. The fourth-order valence-electron chi connectivity index (χ4n) is 5.64. The van der Waals surface area contributed by atoms with Crippen molar-refractivity contribution in [2.24, 2.45) is 16.7 Å². The molecule has 5 nitrogen and oxygen atoms in total. The Kier molecular flexibility index (Phi) is 4.52. The number of nitrogens with one attached hydrogen (secondary N) is 1. The van der Waals surface area contributed by atoms with Crippen molar-refractivity contribution in [3.8, 4) is 5.75 Å². The zero-order valence-electron chi connectivity index (χ0n) is 17.1. The second-order valence-electron chi connectivity index (χ2n) is 9.29. The van der Waals surface area contributed by atoms with E-state index in [1.54, 1.807) is 7.11 Å². The lowest BCUT2D eigenvalue weighted by molar-refractivity contribution is 0.117. The first-order valence-electron chi connectivity index (χ1n) is 10.3. The summed E-state index contributed by atoms with van der Waals surface area (Å²) >= 11 is 0. The summed E-state index contributed by atoms with van der Waals surface area (Å²) in [4.78, 5) is 17.2. The molecule has 148 valence electrons. The van der Waals surface area contributed by atoms with Gasteiger partial charge in [0.25, 0.3) is 0 Å². The molecule has 1 aliphatic heterocycles. The van der Waals surface area contributed by atoms with Gasteiger partial charge in [-0.2, -0.15) is 0 Å². The van der Waals surface area contributed by atoms with E-state index in [1.807, 2.05) is 17.0 Å². The summed E-state index contributed by atoms with van der Waals surface area (Å²) in [6.07, 6.45) is 3.69. The summed E-state index contributed by atoms with van der Waals surface area (Å²) < 4.78 is 5.33. The Morgan fingerprint density at radius 1 is 1.19 bits per heavy atom. The smallest absolute Gasteiger partial charge is 0.317 e. The molecule has 27 heavy (non-hydrogen) atoms. The van der Waals surface area contributed by atoms with E-state index in [0.717, 1.165) is 50.0 Å². The number of methoxy groups -OCH3 is 1. The molecule has 1 saturated heterocycles. The molecule has 3 aliphatic rings. The number of carbonyl (C=O) groups is 1. The van der Waals surface area contributed by atoms with E-state index >= 15 is 0 Å². The van der Waals surface area contributed by atoms with Gasteiger partial charge in [0.15, 0.2) is 0 Å². The molecule has 1 aromatic carbocycles. The molecule has 2 saturated carbocycles. The molecule has 3 atom stereocenters. The van der Waals surface area contributed by atoms with E-state index in [9.17, 15) is 4.79 Å². The van der Waals surface area contributed by atoms with E-state index in [4.69, 9.17) is 4.74 Å². The molecule has 3 fully saturated rings. The Labute approximate surface area is 163 Å². The molecule has 2 aliphatic carbocycles. The summed E-state index contributed by atoms with van der Waals surface area (Å²) in [7, 11) is 1.69. The van der Waals surface area contributed by atoms with Crippen LogP contribution in [0.25, 0.3) is 0 Å². The average molecular weight is 372 g/mol. The summed E-state index contributed by atoms with van der Waals surface area (Å²) in [5.74, 6) is 1.62. The molecular weight excluding hydrogens is 338 g/mol. The van der Waals surface area contributed by atoms with Gasteiger partial charge in [-0.1, -0.05) is 26.8 Å². The maximum atomic E-state index is 12.9. The molecule has 0 spiro atoms. The molecule has 0 unspecified atom stereocenters. The van der Waals surface area contributed by atoms with Gasteiger partial charge >= 0.3 is 6.03 Å². The molecular formula is C22H33N3O2. The minimum atomic E-state index is 0.120. The van der Waals surface area contributed by atoms with Crippen molar-refractivity contribution in [2.45, 2.75) is 46.1 Å². The Balaban J connectivity index is 1.34. The van der Waals surface area contributed by atoms with Gasteiger partial charge in [0.2, 0.25) is 0 Å². The number of carbonyl (C=O) groups excluding carboxylic acids is 1. The maximum absolute atomic E-state index is 12.9. The molecule has 4 rings (SSSR count). The first kappa shape index (κ1) is 18.5. The maximum Gasteiger partial charge on any atom is 0.317 e. The van der Waals surface area contributed by atoms with Crippen LogP contribution in [-0.2, 0) is 0 Å². The van der Waals surface area contributed by atoms with Gasteiger partial charge in [-0.3, -0.25) is 0 Å². The Bertz CT molecular complexity index is 711. The Morgan fingerprint density at radius 3 is 2.52 bits per heavy atom. The van der Waals surface area contributed by atoms with Crippen LogP contribution in [0, 0.1) is 16.7 Å². The van der Waals surface area contributed by atoms with Gasteiger partial charge in [-0.25, -0.2) is 4.79 Å². The second-order valence-corrected chi connectivity index (χ2v) is 9.29. The first-order valence-corrected chi connectivity index (χ1v) is 10.3. The fourth-order valence-corrected chi connectivity index (χ4v) is 5.64. The van der Waals surface area contributed by atoms with Crippen LogP contribution in [0.15, 0.2) is 24.3 Å². The minimum Gasteiger partial charge on any atom is -0.497 e. The number of benzene rings is 1. The van der Waals surface area contributed by atoms with Gasteiger partial charge in [0.05, 0.1) is 7.11 Å². The van der Waals surface area contributed by atoms with Crippen LogP contribution >= 0.6 is 0 Å². The number of urea groups is 1. The molecule has 1 heterocycles. The third-order valence-electron chi connectivity index (χ3n) is 8.08. The van der Waals surface area contributed by atoms with Crippen molar-refractivity contribution in [3.05, 3.63) is 24.3 Å². The highest BCUT2D eigenvalue weighted by molar-refractivity contribution is 5.75. The van der Waals surface area contributed by atoms with Crippen LogP contribution in [0.5, 0.6) is 5.75 Å². The van der Waals surface area contributed by atoms with Crippen LogP contribution in [0.3, 0.4) is 0 Å². The summed E-state index contributed by atoms with van der Waals surface area (Å²) in [6, 6.07) is 8.59. The number of fused-ring (bicyclic) bond motifs is 2. The topological polar surface area (TPSA) is 44.8 Å². The number of rotatable bonds is 3. The van der Waals surface area contributed by atoms with Gasteiger partial charge in [-0.05, 0) is 48.1 Å². The number of anilines is 1. The molecule has 2 bridgehead atoms. The highest BCUT2D eigenvalue weighted by Gasteiger charge is 2.61. The first-order chi connectivity index (χ1) is 12.8. The highest BCUT2D eigenvalue weighted by atomic mass is 16.5. The SMILES string of the molecule is COc1cccc(N2CCN(C(=O)N[C@H]3C[C@H]4CC[C@@]3(C)C4(C)C)CC2)c1. The predicted octanol–water partition coefficient (Wildman–Crippen LogP) is 3.74. The van der Waals surface area contributed by atoms with Gasteiger partial charge in [-0.15, -0.1) is 0 Å². The summed E-state index contributed by atoms with van der Waals surface area (Å²) in [5.41, 5.74) is 1.72. The Hall–Kier alpha value is -1.91. The fraction of sp³-hybridized carbons (Fsp3) is 0.682. The molecule has 2 amide bonds.